The molecule has 0 bridgehead atoms. The maximum absolute atomic E-state index is 16.0. The average Bonchev–Trinajstić information content (AvgIpc) is 3.68. The number of nitrogens with zero attached hydrogens (tertiary/aromatic N) is 6. The molecule has 2 aliphatic rings. The van der Waals surface area contributed by atoms with E-state index in [9.17, 15) is 8.42 Å². The van der Waals surface area contributed by atoms with Gasteiger partial charge in [-0.05, 0) is 49.2 Å². The lowest BCUT2D eigenvalue weighted by Gasteiger charge is -2.28. The van der Waals surface area contributed by atoms with E-state index in [1.54, 1.807) is 41.6 Å². The zero-order valence-corrected chi connectivity index (χ0v) is 23.2. The molecule has 2 N–H and O–H groups in total. The van der Waals surface area contributed by atoms with E-state index in [0.29, 0.717) is 35.6 Å². The van der Waals surface area contributed by atoms with Crippen molar-refractivity contribution in [1.29, 1.82) is 0 Å². The largest absolute Gasteiger partial charge is 0.354 e. The second-order valence-electron chi connectivity index (χ2n) is 9.71. The van der Waals surface area contributed by atoms with Gasteiger partial charge in [0.2, 0.25) is 0 Å². The van der Waals surface area contributed by atoms with E-state index in [4.69, 9.17) is 16.7 Å². The zero-order chi connectivity index (χ0) is 27.7. The first kappa shape index (κ1) is 26.6. The number of aromatic nitrogens is 4. The van der Waals surface area contributed by atoms with Gasteiger partial charge in [-0.3, -0.25) is 9.71 Å². The average molecular weight is 583 g/mol. The topological polar surface area (TPSA) is 108 Å². The minimum Gasteiger partial charge on any atom is -0.354 e. The van der Waals surface area contributed by atoms with Gasteiger partial charge in [0, 0.05) is 79.6 Å². The van der Waals surface area contributed by atoms with E-state index in [2.05, 4.69) is 24.9 Å². The van der Waals surface area contributed by atoms with Crippen molar-refractivity contribution in [2.75, 3.05) is 48.9 Å². The lowest BCUT2D eigenvalue weighted by molar-refractivity contribution is 0.482. The number of halogens is 2. The summed E-state index contributed by atoms with van der Waals surface area (Å²) in [7, 11) is -3.93. The highest BCUT2D eigenvalue weighted by atomic mass is 35.5. The molecule has 0 unspecified atom stereocenters. The number of hydrogen-bond donors (Lipinski definition) is 2. The van der Waals surface area contributed by atoms with Crippen molar-refractivity contribution in [1.82, 2.24) is 29.4 Å². The zero-order valence-electron chi connectivity index (χ0n) is 21.6. The maximum atomic E-state index is 16.0. The molecule has 13 heteroatoms. The van der Waals surface area contributed by atoms with E-state index < -0.39 is 16.0 Å². The van der Waals surface area contributed by atoms with Crippen LogP contribution in [0.15, 0.2) is 61.2 Å². The molecule has 2 saturated heterocycles. The van der Waals surface area contributed by atoms with Crippen LogP contribution < -0.4 is 14.9 Å². The monoisotopic (exact) mass is 582 g/mol. The summed E-state index contributed by atoms with van der Waals surface area (Å²) in [5.41, 5.74) is 2.24. The van der Waals surface area contributed by atoms with Crippen LogP contribution in [0.25, 0.3) is 28.1 Å². The Kier molecular flexibility index (Phi) is 7.41. The van der Waals surface area contributed by atoms with Crippen LogP contribution in [0.3, 0.4) is 0 Å². The van der Waals surface area contributed by atoms with E-state index in [0.717, 1.165) is 44.8 Å². The summed E-state index contributed by atoms with van der Waals surface area (Å²) in [6.07, 6.45) is 8.23. The number of anilines is 2. The Morgan fingerprint density at radius 1 is 0.975 bits per heavy atom. The molecule has 6 rings (SSSR count). The summed E-state index contributed by atoms with van der Waals surface area (Å²) >= 11 is 6.40. The Hall–Kier alpha value is -3.58. The van der Waals surface area contributed by atoms with Gasteiger partial charge >= 0.3 is 10.2 Å². The van der Waals surface area contributed by atoms with Crippen LogP contribution >= 0.6 is 11.6 Å². The number of nitrogens with one attached hydrogen (secondary N) is 2. The third-order valence-electron chi connectivity index (χ3n) is 7.08. The highest BCUT2D eigenvalue weighted by molar-refractivity contribution is 7.90. The molecule has 3 aromatic heterocycles. The van der Waals surface area contributed by atoms with Crippen LogP contribution in [0.5, 0.6) is 0 Å². The van der Waals surface area contributed by atoms with Crippen molar-refractivity contribution in [3.05, 3.63) is 72.0 Å². The Morgan fingerprint density at radius 2 is 1.73 bits per heavy atom. The van der Waals surface area contributed by atoms with Gasteiger partial charge in [-0.15, -0.1) is 0 Å². The predicted octanol–water partition coefficient (Wildman–Crippen LogP) is 3.95. The minimum absolute atomic E-state index is 0.120. The summed E-state index contributed by atoms with van der Waals surface area (Å²) in [6.45, 7) is 4.35. The maximum Gasteiger partial charge on any atom is 0.301 e. The van der Waals surface area contributed by atoms with E-state index in [1.807, 2.05) is 12.1 Å². The van der Waals surface area contributed by atoms with Gasteiger partial charge in [-0.1, -0.05) is 11.6 Å². The first-order chi connectivity index (χ1) is 19.4. The van der Waals surface area contributed by atoms with Crippen molar-refractivity contribution in [3.63, 3.8) is 0 Å². The van der Waals surface area contributed by atoms with Gasteiger partial charge in [0.1, 0.15) is 11.5 Å². The standard InChI is InChI=1S/C27H28ClFN8O2S/c28-20-15-22(26(29)24(16-20)34-40(38,39)36-11-1-2-12-36)23-18-37(33-27(23)19-5-7-30-8-6-19)21-3-4-25(32-17-21)35-13-9-31-10-14-35/h3-8,15-18,31,34H,1-2,9-14H2. The summed E-state index contributed by atoms with van der Waals surface area (Å²) in [4.78, 5) is 10.9. The van der Waals surface area contributed by atoms with Crippen LogP contribution in [-0.4, -0.2) is 71.7 Å². The fourth-order valence-electron chi connectivity index (χ4n) is 5.01. The lowest BCUT2D eigenvalue weighted by atomic mass is 10.0. The van der Waals surface area contributed by atoms with E-state index in [-0.39, 0.29) is 16.3 Å². The van der Waals surface area contributed by atoms with Crippen LogP contribution in [0.1, 0.15) is 12.8 Å². The van der Waals surface area contributed by atoms with Crippen LogP contribution in [0.4, 0.5) is 15.9 Å². The van der Waals surface area contributed by atoms with Crippen LogP contribution in [-0.2, 0) is 10.2 Å². The molecule has 208 valence electrons. The molecule has 0 radical (unpaired) electrons. The van der Waals surface area contributed by atoms with Crippen molar-refractivity contribution in [2.45, 2.75) is 12.8 Å². The third-order valence-corrected chi connectivity index (χ3v) is 8.82. The second-order valence-corrected chi connectivity index (χ2v) is 11.8. The van der Waals surface area contributed by atoms with Crippen LogP contribution in [0, 0.1) is 5.82 Å². The highest BCUT2D eigenvalue weighted by Crippen LogP contribution is 2.38. The summed E-state index contributed by atoms with van der Waals surface area (Å²) < 4.78 is 47.2. The van der Waals surface area contributed by atoms with E-state index >= 15 is 4.39 Å². The van der Waals surface area contributed by atoms with Crippen molar-refractivity contribution in [3.8, 4) is 28.1 Å². The van der Waals surface area contributed by atoms with Gasteiger partial charge in [0.15, 0.2) is 5.82 Å². The molecular formula is C27H28ClFN8O2S. The molecule has 40 heavy (non-hydrogen) atoms. The Bertz CT molecular complexity index is 1600. The fourth-order valence-corrected chi connectivity index (χ4v) is 6.53. The lowest BCUT2D eigenvalue weighted by Crippen LogP contribution is -2.43. The molecule has 0 spiro atoms. The minimum atomic E-state index is -3.93. The van der Waals surface area contributed by atoms with Gasteiger partial charge in [-0.2, -0.15) is 17.8 Å². The number of hydrogen-bond acceptors (Lipinski definition) is 7. The smallest absolute Gasteiger partial charge is 0.301 e. The van der Waals surface area contributed by atoms with Crippen molar-refractivity contribution in [2.24, 2.45) is 0 Å². The molecule has 2 aliphatic heterocycles. The quantitative estimate of drug-likeness (QED) is 0.340. The molecule has 0 saturated carbocycles. The Morgan fingerprint density at radius 3 is 2.42 bits per heavy atom. The number of benzene rings is 1. The van der Waals surface area contributed by atoms with Crippen molar-refractivity contribution >= 4 is 33.3 Å². The molecule has 4 aromatic rings. The molecule has 5 heterocycles. The predicted molar refractivity (Wildman–Crippen MR) is 153 cm³/mol. The normalized spacial score (nSPS) is 16.4. The summed E-state index contributed by atoms with van der Waals surface area (Å²) in [6, 6.07) is 10.2. The molecular weight excluding hydrogens is 555 g/mol. The second kappa shape index (κ2) is 11.1. The number of pyridine rings is 2. The van der Waals surface area contributed by atoms with Crippen molar-refractivity contribution < 1.29 is 12.8 Å². The first-order valence-corrected chi connectivity index (χ1v) is 14.9. The molecule has 10 nitrogen and oxygen atoms in total. The summed E-state index contributed by atoms with van der Waals surface area (Å²) in [5.74, 6) is 0.136. The Labute approximate surface area is 237 Å². The third kappa shape index (κ3) is 5.39. The fraction of sp³-hybridized carbons (Fsp3) is 0.296. The first-order valence-electron chi connectivity index (χ1n) is 13.1. The molecule has 1 aromatic carbocycles. The molecule has 0 aliphatic carbocycles. The Balaban J connectivity index is 1.40. The van der Waals surface area contributed by atoms with E-state index in [1.165, 1.54) is 16.4 Å². The van der Waals surface area contributed by atoms with Gasteiger partial charge in [0.25, 0.3) is 0 Å². The van der Waals surface area contributed by atoms with Gasteiger partial charge in [0.05, 0.1) is 17.6 Å². The van der Waals surface area contributed by atoms with Crippen LogP contribution in [0.2, 0.25) is 5.02 Å². The molecule has 0 atom stereocenters. The summed E-state index contributed by atoms with van der Waals surface area (Å²) in [5, 5.41) is 8.29. The molecule has 2 fully saturated rings. The van der Waals surface area contributed by atoms with Gasteiger partial charge < -0.3 is 10.2 Å². The number of rotatable bonds is 7. The number of piperazine rings is 1. The van der Waals surface area contributed by atoms with Gasteiger partial charge in [-0.25, -0.2) is 14.1 Å². The highest BCUT2D eigenvalue weighted by Gasteiger charge is 2.28. The SMILES string of the molecule is O=S(=O)(Nc1cc(Cl)cc(-c2cn(-c3ccc(N4CCNCC4)nc3)nc2-c2ccncc2)c1F)N1CCCC1. The molecule has 0 amide bonds.